The van der Waals surface area contributed by atoms with Gasteiger partial charge in [-0.3, -0.25) is 0 Å². The van der Waals surface area contributed by atoms with E-state index in [2.05, 4.69) is 201 Å². The van der Waals surface area contributed by atoms with E-state index in [0.717, 1.165) is 11.4 Å². The van der Waals surface area contributed by atoms with Gasteiger partial charge >= 0.3 is 0 Å². The van der Waals surface area contributed by atoms with Gasteiger partial charge < -0.3 is 18.6 Å². The number of benzene rings is 8. The van der Waals surface area contributed by atoms with Crippen LogP contribution in [0, 0.1) is 0 Å². The molecule has 11 aromatic rings. The summed E-state index contributed by atoms with van der Waals surface area (Å²) in [5, 5.41) is 7.59. The first-order valence-corrected chi connectivity index (χ1v) is 17.9. The van der Waals surface area contributed by atoms with Crippen molar-refractivity contribution in [2.45, 2.75) is 0 Å². The van der Waals surface area contributed by atoms with Gasteiger partial charge in [-0.25, -0.2) is 0 Å². The largest absolute Gasteiger partial charge is 0.309 e. The van der Waals surface area contributed by atoms with Gasteiger partial charge in [0.1, 0.15) is 0 Å². The minimum Gasteiger partial charge on any atom is -0.309 e. The van der Waals surface area contributed by atoms with Crippen LogP contribution >= 0.6 is 0 Å². The summed E-state index contributed by atoms with van der Waals surface area (Å²) in [5.41, 5.74) is 14.3. The predicted octanol–water partition coefficient (Wildman–Crippen LogP) is 12.8. The lowest BCUT2D eigenvalue weighted by Gasteiger charge is -2.33. The molecule has 4 heteroatoms. The van der Waals surface area contributed by atoms with E-state index in [4.69, 9.17) is 0 Å². The summed E-state index contributed by atoms with van der Waals surface area (Å²) >= 11 is 0. The van der Waals surface area contributed by atoms with E-state index in [-0.39, 0.29) is 0 Å². The van der Waals surface area contributed by atoms with Gasteiger partial charge in [0, 0.05) is 49.4 Å². The van der Waals surface area contributed by atoms with Crippen LogP contribution in [0.5, 0.6) is 0 Å². The van der Waals surface area contributed by atoms with Crippen LogP contribution < -0.4 is 4.90 Å². The molecule has 0 atom stereocenters. The van der Waals surface area contributed by atoms with E-state index in [0.29, 0.717) is 0 Å². The Morgan fingerprint density at radius 2 is 0.769 bits per heavy atom. The van der Waals surface area contributed by atoms with Crippen LogP contribution in [0.4, 0.5) is 17.1 Å². The lowest BCUT2D eigenvalue weighted by molar-refractivity contribution is 1.11. The topological polar surface area (TPSA) is 18.0 Å². The van der Waals surface area contributed by atoms with Gasteiger partial charge in [0.05, 0.1) is 50.2 Å². The normalized spacial score (nSPS) is 12.6. The maximum absolute atomic E-state index is 2.50. The molecule has 1 aliphatic heterocycles. The Morgan fingerprint density at radius 3 is 1.52 bits per heavy atom. The summed E-state index contributed by atoms with van der Waals surface area (Å²) in [5.74, 6) is 0. The first-order valence-electron chi connectivity index (χ1n) is 17.9. The van der Waals surface area contributed by atoms with Crippen molar-refractivity contribution in [3.8, 4) is 17.1 Å². The van der Waals surface area contributed by atoms with Gasteiger partial charge in [-0.15, -0.1) is 0 Å². The molecule has 12 rings (SSSR count). The molecule has 0 saturated carbocycles. The summed E-state index contributed by atoms with van der Waals surface area (Å²) in [6.45, 7) is 0. The minimum atomic E-state index is 1.14. The second-order valence-electron chi connectivity index (χ2n) is 13.8. The number of hydrogen-bond acceptors (Lipinski definition) is 1. The fraction of sp³-hybridized carbons (Fsp3) is 0. The maximum Gasteiger partial charge on any atom is 0.0783 e. The molecule has 0 saturated heterocycles. The molecule has 0 fully saturated rings. The molecule has 52 heavy (non-hydrogen) atoms. The molecule has 4 heterocycles. The number of rotatable bonds is 3. The fourth-order valence-electron chi connectivity index (χ4n) is 9.09. The molecule has 0 radical (unpaired) electrons. The number of para-hydroxylation sites is 7. The van der Waals surface area contributed by atoms with E-state index in [1.54, 1.807) is 0 Å². The highest BCUT2D eigenvalue weighted by atomic mass is 15.2. The van der Waals surface area contributed by atoms with E-state index in [1.807, 2.05) is 0 Å². The molecule has 0 spiro atoms. The Hall–Kier alpha value is -7.04. The standard InChI is InChI=1S/C48H30N4/c1-3-14-31(15-4-1)49-38-21-9-7-18-34(38)37-30-33(26-27-40(37)49)51-41-23-11-12-24-42(41)52-44-29-28-43-46(47(44)36-20-13-25-45(51)48(36)52)35-19-8-10-22-39(35)50(43)32-16-5-2-6-17-32/h1-30H. The fourth-order valence-corrected chi connectivity index (χ4v) is 9.09. The molecular formula is C48H30N4. The van der Waals surface area contributed by atoms with Gasteiger partial charge in [0.25, 0.3) is 0 Å². The predicted molar refractivity (Wildman–Crippen MR) is 218 cm³/mol. The molecule has 0 N–H and O–H groups in total. The molecule has 3 aromatic heterocycles. The molecular weight excluding hydrogens is 633 g/mol. The zero-order valence-corrected chi connectivity index (χ0v) is 28.1. The van der Waals surface area contributed by atoms with E-state index in [1.165, 1.54) is 88.2 Å². The highest BCUT2D eigenvalue weighted by molar-refractivity contribution is 6.30. The smallest absolute Gasteiger partial charge is 0.0783 e. The third-order valence-corrected chi connectivity index (χ3v) is 11.1. The number of aromatic nitrogens is 3. The van der Waals surface area contributed by atoms with Crippen molar-refractivity contribution in [1.82, 2.24) is 13.7 Å². The Bertz CT molecular complexity index is 3230. The van der Waals surface area contributed by atoms with Gasteiger partial charge in [0.2, 0.25) is 0 Å². The van der Waals surface area contributed by atoms with Gasteiger partial charge in [0.15, 0.2) is 0 Å². The first kappa shape index (κ1) is 27.7. The van der Waals surface area contributed by atoms with Crippen molar-refractivity contribution in [1.29, 1.82) is 0 Å². The SMILES string of the molecule is c1ccc(-n2c3ccccc3c3cc(N4c5ccccc5-n5c6ccc7c(c8ccccc8n7-c7ccccc7)c6c6cccc4c65)ccc32)cc1. The van der Waals surface area contributed by atoms with Crippen LogP contribution in [0.2, 0.25) is 0 Å². The van der Waals surface area contributed by atoms with E-state index < -0.39 is 0 Å². The molecule has 1 aliphatic rings. The van der Waals surface area contributed by atoms with Crippen molar-refractivity contribution in [3.05, 3.63) is 182 Å². The zero-order valence-electron chi connectivity index (χ0n) is 28.1. The minimum absolute atomic E-state index is 1.14. The quantitative estimate of drug-likeness (QED) is 0.184. The van der Waals surface area contributed by atoms with Crippen LogP contribution in [0.25, 0.3) is 82.5 Å². The van der Waals surface area contributed by atoms with Crippen molar-refractivity contribution in [3.63, 3.8) is 0 Å². The molecule has 0 bridgehead atoms. The summed E-state index contributed by atoms with van der Waals surface area (Å²) in [7, 11) is 0. The average Bonchev–Trinajstić information content (AvgIpc) is 3.85. The van der Waals surface area contributed by atoms with Crippen LogP contribution in [0.3, 0.4) is 0 Å². The Labute approximate surface area is 299 Å². The third kappa shape index (κ3) is 3.55. The number of hydrogen-bond donors (Lipinski definition) is 0. The van der Waals surface area contributed by atoms with Crippen molar-refractivity contribution in [2.75, 3.05) is 4.90 Å². The lowest BCUT2D eigenvalue weighted by Crippen LogP contribution is -2.18. The van der Waals surface area contributed by atoms with Gasteiger partial charge in [-0.05, 0) is 84.9 Å². The van der Waals surface area contributed by atoms with Crippen LogP contribution in [0.15, 0.2) is 182 Å². The van der Waals surface area contributed by atoms with Gasteiger partial charge in [-0.2, -0.15) is 0 Å². The first-order chi connectivity index (χ1) is 25.8. The molecule has 8 aromatic carbocycles. The number of anilines is 3. The van der Waals surface area contributed by atoms with Crippen molar-refractivity contribution < 1.29 is 0 Å². The molecule has 0 aliphatic carbocycles. The lowest BCUT2D eigenvalue weighted by atomic mass is 10.0. The number of nitrogens with zero attached hydrogens (tertiary/aromatic N) is 4. The highest BCUT2D eigenvalue weighted by Crippen LogP contribution is 2.52. The number of fused-ring (bicyclic) bond motifs is 12. The highest BCUT2D eigenvalue weighted by Gasteiger charge is 2.30. The third-order valence-electron chi connectivity index (χ3n) is 11.1. The summed E-state index contributed by atoms with van der Waals surface area (Å²) in [6, 6.07) is 66.3. The molecule has 0 unspecified atom stereocenters. The zero-order chi connectivity index (χ0) is 33.9. The monoisotopic (exact) mass is 662 g/mol. The summed E-state index contributed by atoms with van der Waals surface area (Å²) in [4.78, 5) is 2.47. The molecule has 0 amide bonds. The van der Waals surface area contributed by atoms with Crippen molar-refractivity contribution >= 4 is 82.5 Å². The van der Waals surface area contributed by atoms with E-state index >= 15 is 0 Å². The Balaban J connectivity index is 1.17. The maximum atomic E-state index is 2.50. The summed E-state index contributed by atoms with van der Waals surface area (Å²) < 4.78 is 7.30. The van der Waals surface area contributed by atoms with Crippen LogP contribution in [-0.4, -0.2) is 13.7 Å². The van der Waals surface area contributed by atoms with Crippen LogP contribution in [-0.2, 0) is 0 Å². The Morgan fingerprint density at radius 1 is 0.269 bits per heavy atom. The average molecular weight is 663 g/mol. The van der Waals surface area contributed by atoms with Gasteiger partial charge in [-0.1, -0.05) is 97.1 Å². The Kier molecular flexibility index (Phi) is 5.47. The molecule has 242 valence electrons. The van der Waals surface area contributed by atoms with Crippen molar-refractivity contribution in [2.24, 2.45) is 0 Å². The van der Waals surface area contributed by atoms with Crippen LogP contribution in [0.1, 0.15) is 0 Å². The second-order valence-corrected chi connectivity index (χ2v) is 13.8. The molecule has 4 nitrogen and oxygen atoms in total. The summed E-state index contributed by atoms with van der Waals surface area (Å²) in [6.07, 6.45) is 0. The second kappa shape index (κ2) is 10.3. The van der Waals surface area contributed by atoms with E-state index in [9.17, 15) is 0 Å².